The van der Waals surface area contributed by atoms with Crippen LogP contribution in [0.4, 0.5) is 0 Å². The van der Waals surface area contributed by atoms with E-state index in [0.29, 0.717) is 55.8 Å². The first-order valence-corrected chi connectivity index (χ1v) is 15.7. The summed E-state index contributed by atoms with van der Waals surface area (Å²) >= 11 is 3.31. The van der Waals surface area contributed by atoms with Crippen LogP contribution in [0.2, 0.25) is 0 Å². The van der Waals surface area contributed by atoms with Crippen LogP contribution >= 0.6 is 33.9 Å². The highest BCUT2D eigenvalue weighted by Crippen LogP contribution is 2.37. The average molecular weight is 747 g/mol. The lowest BCUT2D eigenvalue weighted by molar-refractivity contribution is -0.143. The summed E-state index contributed by atoms with van der Waals surface area (Å²) < 4.78 is 35.3. The number of ether oxygens (including phenoxy) is 6. The molecule has 2 heterocycles. The predicted molar refractivity (Wildman–Crippen MR) is 176 cm³/mol. The Morgan fingerprint density at radius 3 is 2.53 bits per heavy atom. The molecule has 1 aliphatic heterocycles. The summed E-state index contributed by atoms with van der Waals surface area (Å²) in [4.78, 5) is 44.1. The van der Waals surface area contributed by atoms with E-state index < -0.39 is 18.0 Å². The van der Waals surface area contributed by atoms with Crippen molar-refractivity contribution in [1.29, 1.82) is 0 Å². The Hall–Kier alpha value is -4.29. The highest BCUT2D eigenvalue weighted by molar-refractivity contribution is 14.1. The van der Waals surface area contributed by atoms with E-state index in [2.05, 4.69) is 38.2 Å². The van der Waals surface area contributed by atoms with Crippen molar-refractivity contribution >= 4 is 51.9 Å². The Bertz CT molecular complexity index is 1870. The number of hydrogen-bond acceptors (Lipinski definition) is 11. The van der Waals surface area contributed by atoms with Crippen molar-refractivity contribution in [2.75, 3.05) is 40.6 Å². The molecule has 11 nitrogen and oxygen atoms in total. The predicted octanol–water partition coefficient (Wildman–Crippen LogP) is 3.37. The molecule has 236 valence electrons. The summed E-state index contributed by atoms with van der Waals surface area (Å²) in [5, 5.41) is 0. The normalized spacial score (nSPS) is 14.2. The molecule has 1 aliphatic rings. The van der Waals surface area contributed by atoms with Crippen molar-refractivity contribution in [3.8, 4) is 35.3 Å². The number of fused-ring (bicyclic) bond motifs is 1. The first-order chi connectivity index (χ1) is 21.7. The fourth-order valence-corrected chi connectivity index (χ4v) is 6.44. The third kappa shape index (κ3) is 7.34. The van der Waals surface area contributed by atoms with Gasteiger partial charge in [0.2, 0.25) is 0 Å². The van der Waals surface area contributed by atoms with Crippen molar-refractivity contribution in [3.63, 3.8) is 0 Å². The van der Waals surface area contributed by atoms with Crippen LogP contribution in [0.3, 0.4) is 0 Å². The zero-order valence-corrected chi connectivity index (χ0v) is 28.3. The fraction of sp³-hybridized carbons (Fsp3) is 0.312. The number of carbonyl (C=O) groups is 2. The highest BCUT2D eigenvalue weighted by Gasteiger charge is 2.34. The average Bonchev–Trinajstić information content (AvgIpc) is 3.32. The molecule has 0 saturated heterocycles. The number of aromatic nitrogens is 1. The molecule has 2 aromatic carbocycles. The molecule has 0 N–H and O–H groups in total. The lowest BCUT2D eigenvalue weighted by atomic mass is 9.95. The largest absolute Gasteiger partial charge is 0.493 e. The van der Waals surface area contributed by atoms with Crippen LogP contribution in [0.25, 0.3) is 6.08 Å². The van der Waals surface area contributed by atoms with Gasteiger partial charge in [0.15, 0.2) is 34.4 Å². The Balaban J connectivity index is 1.89. The molecule has 3 aromatic rings. The maximum absolute atomic E-state index is 14.1. The fourth-order valence-electron chi connectivity index (χ4n) is 4.61. The van der Waals surface area contributed by atoms with Crippen molar-refractivity contribution in [2.45, 2.75) is 26.8 Å². The molecule has 13 heteroatoms. The second-order valence-corrected chi connectivity index (χ2v) is 11.5. The summed E-state index contributed by atoms with van der Waals surface area (Å²) in [6, 6.07) is 7.72. The number of allylic oxidation sites excluding steroid dienone is 1. The molecule has 0 spiro atoms. The highest BCUT2D eigenvalue weighted by atomic mass is 127. The summed E-state index contributed by atoms with van der Waals surface area (Å²) in [5.74, 6) is 2.89. The molecule has 4 rings (SSSR count). The minimum atomic E-state index is -0.884. The Morgan fingerprint density at radius 2 is 1.87 bits per heavy atom. The van der Waals surface area contributed by atoms with Crippen LogP contribution < -0.4 is 33.8 Å². The van der Waals surface area contributed by atoms with Gasteiger partial charge in [0.1, 0.15) is 6.61 Å². The van der Waals surface area contributed by atoms with Crippen molar-refractivity contribution in [2.24, 2.45) is 4.99 Å². The second-order valence-electron chi connectivity index (χ2n) is 9.33. The Kier molecular flexibility index (Phi) is 11.3. The van der Waals surface area contributed by atoms with Crippen molar-refractivity contribution in [3.05, 3.63) is 76.0 Å². The molecule has 0 bridgehead atoms. The van der Waals surface area contributed by atoms with Gasteiger partial charge in [-0.05, 0) is 84.8 Å². The number of carbonyl (C=O) groups excluding carboxylic acids is 2. The SMILES string of the molecule is C#CCOc1c(I)cc(/C=c2\sc3n(c2=O)[C@@H](c2ccc(OCC(=O)OC)c(OCC)c2)C(C(=O)OCC)=C(C)N=3)cc1OC. The van der Waals surface area contributed by atoms with E-state index in [0.717, 1.165) is 3.57 Å². The van der Waals surface area contributed by atoms with Gasteiger partial charge < -0.3 is 28.4 Å². The lowest BCUT2D eigenvalue weighted by Crippen LogP contribution is -2.40. The minimum absolute atomic E-state index is 0.0792. The van der Waals surface area contributed by atoms with Gasteiger partial charge in [0, 0.05) is 0 Å². The first-order valence-electron chi connectivity index (χ1n) is 13.8. The van der Waals surface area contributed by atoms with Crippen LogP contribution in [0.15, 0.2) is 51.4 Å². The number of esters is 2. The van der Waals surface area contributed by atoms with Crippen LogP contribution in [0.1, 0.15) is 37.9 Å². The third-order valence-electron chi connectivity index (χ3n) is 6.52. The zero-order chi connectivity index (χ0) is 32.7. The minimum Gasteiger partial charge on any atom is -0.493 e. The number of methoxy groups -OCH3 is 2. The van der Waals surface area contributed by atoms with E-state index >= 15 is 0 Å². The molecule has 0 radical (unpaired) electrons. The number of thiazole rings is 1. The number of hydrogen-bond donors (Lipinski definition) is 0. The standard InChI is InChI=1S/C32H31IN2O9S/c1-7-12-43-29-21(33)13-19(14-24(29)39-5)15-25-30(37)35-28(27(31(38)42-9-3)18(4)34-32(35)45-25)20-10-11-22(23(16-20)41-8-2)44-17-26(36)40-6/h1,10-11,13-16,28H,8-9,12,17H2,2-6H3/b25-15-/t28-/m0/s1. The Morgan fingerprint density at radius 1 is 1.09 bits per heavy atom. The van der Waals surface area contributed by atoms with Gasteiger partial charge in [-0.15, -0.1) is 6.42 Å². The van der Waals surface area contributed by atoms with E-state index in [4.69, 9.17) is 30.1 Å². The summed E-state index contributed by atoms with van der Waals surface area (Å²) in [6.07, 6.45) is 7.08. The van der Waals surface area contributed by atoms with Crippen LogP contribution in [0.5, 0.6) is 23.0 Å². The van der Waals surface area contributed by atoms with Crippen molar-refractivity contribution in [1.82, 2.24) is 4.57 Å². The second kappa shape index (κ2) is 15.1. The van der Waals surface area contributed by atoms with Crippen molar-refractivity contribution < 1.29 is 38.0 Å². The lowest BCUT2D eigenvalue weighted by Gasteiger charge is -2.25. The van der Waals surface area contributed by atoms with E-state index in [9.17, 15) is 14.4 Å². The van der Waals surface area contributed by atoms with Gasteiger partial charge in [0.05, 0.1) is 52.8 Å². The molecule has 0 amide bonds. The number of terminal acetylenes is 1. The van der Waals surface area contributed by atoms with E-state index in [1.807, 2.05) is 6.07 Å². The molecular weight excluding hydrogens is 715 g/mol. The maximum atomic E-state index is 14.1. The first kappa shape index (κ1) is 33.6. The molecule has 45 heavy (non-hydrogen) atoms. The monoisotopic (exact) mass is 746 g/mol. The summed E-state index contributed by atoms with van der Waals surface area (Å²) in [7, 11) is 2.79. The number of halogens is 1. The molecular formula is C32H31IN2O9S. The van der Waals surface area contributed by atoms with Gasteiger partial charge in [-0.3, -0.25) is 9.36 Å². The van der Waals surface area contributed by atoms with Gasteiger partial charge in [-0.1, -0.05) is 23.3 Å². The van der Waals surface area contributed by atoms with E-state index in [1.165, 1.54) is 30.1 Å². The van der Waals surface area contributed by atoms with Crippen LogP contribution in [-0.4, -0.2) is 57.2 Å². The molecule has 0 fully saturated rings. The number of benzene rings is 2. The summed E-state index contributed by atoms with van der Waals surface area (Å²) in [5.41, 5.74) is 1.52. The summed E-state index contributed by atoms with van der Waals surface area (Å²) in [6.45, 7) is 5.41. The molecule has 0 saturated carbocycles. The van der Waals surface area contributed by atoms with E-state index in [1.54, 1.807) is 51.1 Å². The quantitative estimate of drug-likeness (QED) is 0.156. The molecule has 1 atom stereocenters. The Labute approximate surface area is 277 Å². The van der Waals surface area contributed by atoms with E-state index in [-0.39, 0.29) is 31.0 Å². The van der Waals surface area contributed by atoms with Gasteiger partial charge in [0.25, 0.3) is 5.56 Å². The third-order valence-corrected chi connectivity index (χ3v) is 8.31. The number of nitrogens with zero attached hydrogens (tertiary/aromatic N) is 2. The molecule has 0 aliphatic carbocycles. The molecule has 1 aromatic heterocycles. The van der Waals surface area contributed by atoms with Gasteiger partial charge >= 0.3 is 11.9 Å². The van der Waals surface area contributed by atoms with Gasteiger partial charge in [-0.25, -0.2) is 14.6 Å². The van der Waals surface area contributed by atoms with Crippen LogP contribution in [0, 0.1) is 15.9 Å². The number of rotatable bonds is 12. The topological polar surface area (TPSA) is 124 Å². The van der Waals surface area contributed by atoms with Gasteiger partial charge in [-0.2, -0.15) is 0 Å². The zero-order valence-electron chi connectivity index (χ0n) is 25.3. The maximum Gasteiger partial charge on any atom is 0.343 e. The molecule has 0 unspecified atom stereocenters. The smallest absolute Gasteiger partial charge is 0.343 e. The van der Waals surface area contributed by atoms with Crippen LogP contribution in [-0.2, 0) is 19.1 Å².